The highest BCUT2D eigenvalue weighted by Gasteiger charge is 2.20. The van der Waals surface area contributed by atoms with Crippen molar-refractivity contribution in [3.8, 4) is 0 Å². The molecule has 174 valence electrons. The number of hydrogen-bond donors (Lipinski definition) is 2. The van der Waals surface area contributed by atoms with Gasteiger partial charge in [-0.15, -0.1) is 10.2 Å². The minimum atomic E-state index is -0.433. The average Bonchev–Trinajstić information content (AvgIpc) is 3.17. The van der Waals surface area contributed by atoms with Crippen molar-refractivity contribution in [1.29, 1.82) is 0 Å². The standard InChI is InChI=1S/C24H21Cl2N5O2S/c1-14(27-23(33)19-10-8-17(25)12-20(19)26)22-29-30-24(31(22)2)34-13-21(32)28-18-9-7-15-5-3-4-6-16(15)11-18/h3-12,14H,13H2,1-2H3,(H,27,33)(H,28,32)/t14-/m1/s1. The van der Waals surface area contributed by atoms with Crippen molar-refractivity contribution < 1.29 is 9.59 Å². The fourth-order valence-corrected chi connectivity index (χ4v) is 4.65. The van der Waals surface area contributed by atoms with Crippen LogP contribution in [0.5, 0.6) is 0 Å². The second kappa shape index (κ2) is 10.5. The third kappa shape index (κ3) is 5.52. The number of carbonyl (C=O) groups excluding carboxylic acids is 2. The van der Waals surface area contributed by atoms with E-state index in [1.54, 1.807) is 30.7 Å². The molecule has 1 aromatic heterocycles. The van der Waals surface area contributed by atoms with E-state index >= 15 is 0 Å². The number of amides is 2. The Morgan fingerprint density at radius 3 is 2.56 bits per heavy atom. The summed E-state index contributed by atoms with van der Waals surface area (Å²) in [6.07, 6.45) is 0. The predicted octanol–water partition coefficient (Wildman–Crippen LogP) is 5.50. The zero-order chi connectivity index (χ0) is 24.2. The molecule has 7 nitrogen and oxygen atoms in total. The smallest absolute Gasteiger partial charge is 0.253 e. The lowest BCUT2D eigenvalue weighted by molar-refractivity contribution is -0.113. The fraction of sp³-hybridized carbons (Fsp3) is 0.167. The van der Waals surface area contributed by atoms with E-state index in [0.29, 0.717) is 21.6 Å². The molecule has 3 aromatic carbocycles. The van der Waals surface area contributed by atoms with Gasteiger partial charge in [-0.05, 0) is 48.0 Å². The Morgan fingerprint density at radius 1 is 1.03 bits per heavy atom. The molecule has 0 aliphatic heterocycles. The summed E-state index contributed by atoms with van der Waals surface area (Å²) in [4.78, 5) is 25.1. The van der Waals surface area contributed by atoms with Crippen molar-refractivity contribution in [2.45, 2.75) is 18.1 Å². The van der Waals surface area contributed by atoms with Crippen molar-refractivity contribution >= 4 is 63.2 Å². The molecule has 4 rings (SSSR count). The van der Waals surface area contributed by atoms with Gasteiger partial charge in [-0.3, -0.25) is 9.59 Å². The first-order chi connectivity index (χ1) is 16.3. The first-order valence-electron chi connectivity index (χ1n) is 10.4. The van der Waals surface area contributed by atoms with E-state index in [1.165, 1.54) is 17.8 Å². The first kappa shape index (κ1) is 24.1. The van der Waals surface area contributed by atoms with Gasteiger partial charge < -0.3 is 15.2 Å². The van der Waals surface area contributed by atoms with Crippen molar-refractivity contribution in [2.24, 2.45) is 7.05 Å². The Kier molecular flexibility index (Phi) is 7.41. The zero-order valence-corrected chi connectivity index (χ0v) is 20.7. The molecule has 0 spiro atoms. The number of thioether (sulfide) groups is 1. The summed E-state index contributed by atoms with van der Waals surface area (Å²) < 4.78 is 1.75. The molecule has 0 unspecified atom stereocenters. The van der Waals surface area contributed by atoms with Crippen molar-refractivity contribution in [3.05, 3.63) is 82.1 Å². The number of fused-ring (bicyclic) bond motifs is 1. The topological polar surface area (TPSA) is 88.9 Å². The number of halogens is 2. The van der Waals surface area contributed by atoms with Gasteiger partial charge in [-0.25, -0.2) is 0 Å². The van der Waals surface area contributed by atoms with Crippen molar-refractivity contribution in [1.82, 2.24) is 20.1 Å². The van der Waals surface area contributed by atoms with Crippen LogP contribution >= 0.6 is 35.0 Å². The second-order valence-electron chi connectivity index (χ2n) is 7.62. The van der Waals surface area contributed by atoms with Gasteiger partial charge in [-0.2, -0.15) is 0 Å². The maximum absolute atomic E-state index is 12.6. The Morgan fingerprint density at radius 2 is 1.79 bits per heavy atom. The normalized spacial score (nSPS) is 11.9. The number of benzene rings is 3. The average molecular weight is 514 g/mol. The van der Waals surface area contributed by atoms with E-state index in [9.17, 15) is 9.59 Å². The predicted molar refractivity (Wildman–Crippen MR) is 137 cm³/mol. The van der Waals surface area contributed by atoms with Gasteiger partial charge in [-0.1, -0.05) is 65.3 Å². The van der Waals surface area contributed by atoms with E-state index in [0.717, 1.165) is 16.5 Å². The number of nitrogens with one attached hydrogen (secondary N) is 2. The van der Waals surface area contributed by atoms with Crippen LogP contribution in [0.15, 0.2) is 65.8 Å². The molecular formula is C24H21Cl2N5O2S. The summed E-state index contributed by atoms with van der Waals surface area (Å²) >= 11 is 13.3. The quantitative estimate of drug-likeness (QED) is 0.318. The van der Waals surface area contributed by atoms with Gasteiger partial charge >= 0.3 is 0 Å². The number of anilines is 1. The highest BCUT2D eigenvalue weighted by Crippen LogP contribution is 2.24. The van der Waals surface area contributed by atoms with Gasteiger partial charge in [0.15, 0.2) is 11.0 Å². The highest BCUT2D eigenvalue weighted by atomic mass is 35.5. The van der Waals surface area contributed by atoms with Crippen LogP contribution in [0.25, 0.3) is 10.8 Å². The van der Waals surface area contributed by atoms with Crippen LogP contribution in [-0.4, -0.2) is 32.3 Å². The van der Waals surface area contributed by atoms with Gasteiger partial charge in [0.2, 0.25) is 5.91 Å². The lowest BCUT2D eigenvalue weighted by Gasteiger charge is -2.14. The monoisotopic (exact) mass is 513 g/mol. The molecule has 0 aliphatic carbocycles. The maximum Gasteiger partial charge on any atom is 0.253 e. The van der Waals surface area contributed by atoms with Crippen LogP contribution in [0, 0.1) is 0 Å². The number of aromatic nitrogens is 3. The van der Waals surface area contributed by atoms with Crippen LogP contribution in [0.4, 0.5) is 5.69 Å². The summed E-state index contributed by atoms with van der Waals surface area (Å²) in [5, 5.41) is 17.6. The Labute approximate surface area is 210 Å². The molecule has 2 amide bonds. The molecule has 0 radical (unpaired) electrons. The summed E-state index contributed by atoms with van der Waals surface area (Å²) in [6, 6.07) is 18.0. The van der Waals surface area contributed by atoms with Crippen LogP contribution in [0.3, 0.4) is 0 Å². The Hall–Kier alpha value is -3.07. The van der Waals surface area contributed by atoms with Crippen LogP contribution in [0.2, 0.25) is 10.0 Å². The molecular weight excluding hydrogens is 493 g/mol. The van der Waals surface area contributed by atoms with E-state index < -0.39 is 6.04 Å². The highest BCUT2D eigenvalue weighted by molar-refractivity contribution is 7.99. The van der Waals surface area contributed by atoms with E-state index in [-0.39, 0.29) is 22.6 Å². The molecule has 0 saturated heterocycles. The summed E-state index contributed by atoms with van der Waals surface area (Å²) in [5.41, 5.74) is 1.06. The fourth-order valence-electron chi connectivity index (χ4n) is 3.44. The molecule has 0 aliphatic rings. The van der Waals surface area contributed by atoms with Gasteiger partial charge in [0, 0.05) is 17.8 Å². The van der Waals surface area contributed by atoms with E-state index in [4.69, 9.17) is 23.2 Å². The molecule has 2 N–H and O–H groups in total. The molecule has 10 heteroatoms. The lowest BCUT2D eigenvalue weighted by atomic mass is 10.1. The summed E-state index contributed by atoms with van der Waals surface area (Å²) in [6.45, 7) is 1.80. The lowest BCUT2D eigenvalue weighted by Crippen LogP contribution is -2.28. The van der Waals surface area contributed by atoms with E-state index in [1.807, 2.05) is 42.5 Å². The number of nitrogens with zero attached hydrogens (tertiary/aromatic N) is 3. The van der Waals surface area contributed by atoms with Gasteiger partial charge in [0.25, 0.3) is 5.91 Å². The SMILES string of the molecule is C[C@@H](NC(=O)c1ccc(Cl)cc1Cl)c1nnc(SCC(=O)Nc2ccc3ccccc3c2)n1C. The molecule has 34 heavy (non-hydrogen) atoms. The maximum atomic E-state index is 12.6. The third-order valence-electron chi connectivity index (χ3n) is 5.14. The number of rotatable bonds is 7. The minimum absolute atomic E-state index is 0.149. The molecule has 0 bridgehead atoms. The minimum Gasteiger partial charge on any atom is -0.342 e. The van der Waals surface area contributed by atoms with Crippen LogP contribution in [0.1, 0.15) is 29.1 Å². The van der Waals surface area contributed by atoms with Crippen molar-refractivity contribution in [2.75, 3.05) is 11.1 Å². The largest absolute Gasteiger partial charge is 0.342 e. The summed E-state index contributed by atoms with van der Waals surface area (Å²) in [7, 11) is 1.79. The Balaban J connectivity index is 1.35. The first-order valence-corrected chi connectivity index (χ1v) is 12.1. The number of hydrogen-bond acceptors (Lipinski definition) is 5. The zero-order valence-electron chi connectivity index (χ0n) is 18.4. The summed E-state index contributed by atoms with van der Waals surface area (Å²) in [5.74, 6) is 0.223. The molecule has 4 aromatic rings. The second-order valence-corrected chi connectivity index (χ2v) is 9.40. The molecule has 1 atom stereocenters. The number of carbonyl (C=O) groups is 2. The molecule has 0 fully saturated rings. The van der Waals surface area contributed by atoms with Gasteiger partial charge in [0.05, 0.1) is 22.4 Å². The van der Waals surface area contributed by atoms with Gasteiger partial charge in [0.1, 0.15) is 0 Å². The van der Waals surface area contributed by atoms with E-state index in [2.05, 4.69) is 20.8 Å². The molecule has 1 heterocycles. The van der Waals surface area contributed by atoms with Crippen molar-refractivity contribution in [3.63, 3.8) is 0 Å². The molecule has 0 saturated carbocycles. The Bertz CT molecular complexity index is 1370. The van der Waals surface area contributed by atoms with Crippen LogP contribution < -0.4 is 10.6 Å². The van der Waals surface area contributed by atoms with Crippen LogP contribution in [-0.2, 0) is 11.8 Å². The third-order valence-corrected chi connectivity index (χ3v) is 6.71.